The molecule has 0 saturated carbocycles. The molecule has 4 heteroatoms. The second-order valence-corrected chi connectivity index (χ2v) is 4.41. The maximum Gasteiger partial charge on any atom is 0.339 e. The van der Waals surface area contributed by atoms with E-state index in [1.807, 2.05) is 18.2 Å². The molecule has 0 unspecified atom stereocenters. The van der Waals surface area contributed by atoms with E-state index in [2.05, 4.69) is 5.32 Å². The van der Waals surface area contributed by atoms with Crippen molar-refractivity contribution in [2.24, 2.45) is 0 Å². The van der Waals surface area contributed by atoms with E-state index in [1.54, 1.807) is 11.8 Å². The minimum atomic E-state index is -0.261. The molecule has 0 fully saturated rings. The van der Waals surface area contributed by atoms with Crippen LogP contribution in [0.1, 0.15) is 16.8 Å². The molecule has 80 valence electrons. The Kier molecular flexibility index (Phi) is 3.16. The van der Waals surface area contributed by atoms with Gasteiger partial charge in [0.2, 0.25) is 0 Å². The number of carbonyl (C=O) groups excluding carboxylic acids is 1. The zero-order valence-corrected chi connectivity index (χ0v) is 9.39. The van der Waals surface area contributed by atoms with Gasteiger partial charge in [-0.3, -0.25) is 0 Å². The van der Waals surface area contributed by atoms with Gasteiger partial charge in [0.05, 0.1) is 12.7 Å². The van der Waals surface area contributed by atoms with Gasteiger partial charge < -0.3 is 10.1 Å². The van der Waals surface area contributed by atoms with Crippen molar-refractivity contribution < 1.29 is 9.53 Å². The fraction of sp³-hybridized carbons (Fsp3) is 0.364. The van der Waals surface area contributed by atoms with Crippen LogP contribution in [0.3, 0.4) is 0 Å². The second-order valence-electron chi connectivity index (χ2n) is 3.30. The number of nitrogens with one attached hydrogen (secondary N) is 1. The van der Waals surface area contributed by atoms with E-state index in [4.69, 9.17) is 4.74 Å². The molecule has 0 spiro atoms. The number of rotatable bonds is 1. The van der Waals surface area contributed by atoms with Crippen LogP contribution in [0.5, 0.6) is 0 Å². The van der Waals surface area contributed by atoms with E-state index in [9.17, 15) is 4.79 Å². The molecule has 0 aromatic heterocycles. The quantitative estimate of drug-likeness (QED) is 0.742. The number of ether oxygens (including phenoxy) is 1. The summed E-state index contributed by atoms with van der Waals surface area (Å²) >= 11 is 1.72. The summed E-state index contributed by atoms with van der Waals surface area (Å²) in [5.74, 6) is 0.775. The van der Waals surface area contributed by atoms with Crippen molar-refractivity contribution in [3.8, 4) is 0 Å². The second kappa shape index (κ2) is 4.57. The third-order valence-corrected chi connectivity index (χ3v) is 3.52. The summed E-state index contributed by atoms with van der Waals surface area (Å²) in [6, 6.07) is 5.69. The predicted octanol–water partition coefficient (Wildman–Crippen LogP) is 2.38. The molecule has 1 aromatic rings. The number of thioether (sulfide) groups is 1. The van der Waals surface area contributed by atoms with Crippen molar-refractivity contribution in [3.05, 3.63) is 23.8 Å². The normalized spacial score (nSPS) is 14.7. The maximum absolute atomic E-state index is 11.5. The Balaban J connectivity index is 2.43. The standard InChI is InChI=1S/C11H13NO2S/c1-14-11(13)8-4-2-5-9-10(8)15-7-3-6-12-9/h2,4-5,12H,3,6-7H2,1H3. The molecule has 1 aliphatic heterocycles. The molecular formula is C11H13NO2S. The van der Waals surface area contributed by atoms with Crippen LogP contribution in [-0.4, -0.2) is 25.4 Å². The molecule has 0 radical (unpaired) electrons. The third-order valence-electron chi connectivity index (χ3n) is 2.30. The molecule has 1 aromatic carbocycles. The van der Waals surface area contributed by atoms with Crippen LogP contribution in [0, 0.1) is 0 Å². The monoisotopic (exact) mass is 223 g/mol. The fourth-order valence-corrected chi connectivity index (χ4v) is 2.67. The van der Waals surface area contributed by atoms with Crippen molar-refractivity contribution in [3.63, 3.8) is 0 Å². The molecule has 0 bridgehead atoms. The highest BCUT2D eigenvalue weighted by atomic mass is 32.2. The first-order chi connectivity index (χ1) is 7.33. The number of esters is 1. The van der Waals surface area contributed by atoms with Crippen LogP contribution >= 0.6 is 11.8 Å². The van der Waals surface area contributed by atoms with Crippen molar-refractivity contribution in [1.29, 1.82) is 0 Å². The first-order valence-corrected chi connectivity index (χ1v) is 5.89. The fourth-order valence-electron chi connectivity index (χ4n) is 1.57. The highest BCUT2D eigenvalue weighted by molar-refractivity contribution is 7.99. The van der Waals surface area contributed by atoms with Gasteiger partial charge in [-0.05, 0) is 24.3 Å². The van der Waals surface area contributed by atoms with Gasteiger partial charge >= 0.3 is 5.97 Å². The Hall–Kier alpha value is -1.16. The zero-order valence-electron chi connectivity index (χ0n) is 8.58. The van der Waals surface area contributed by atoms with Gasteiger partial charge in [0.25, 0.3) is 0 Å². The Morgan fingerprint density at radius 3 is 3.20 bits per heavy atom. The number of fused-ring (bicyclic) bond motifs is 1. The number of hydrogen-bond donors (Lipinski definition) is 1. The molecule has 15 heavy (non-hydrogen) atoms. The lowest BCUT2D eigenvalue weighted by Gasteiger charge is -2.10. The summed E-state index contributed by atoms with van der Waals surface area (Å²) in [5.41, 5.74) is 1.70. The zero-order chi connectivity index (χ0) is 10.7. The lowest BCUT2D eigenvalue weighted by atomic mass is 10.2. The van der Waals surface area contributed by atoms with Gasteiger partial charge in [-0.15, -0.1) is 11.8 Å². The maximum atomic E-state index is 11.5. The molecule has 0 amide bonds. The number of methoxy groups -OCH3 is 1. The van der Waals surface area contributed by atoms with Crippen LogP contribution < -0.4 is 5.32 Å². The van der Waals surface area contributed by atoms with Gasteiger partial charge in [-0.2, -0.15) is 0 Å². The predicted molar refractivity (Wildman–Crippen MR) is 61.6 cm³/mol. The lowest BCUT2D eigenvalue weighted by molar-refractivity contribution is 0.0597. The highest BCUT2D eigenvalue weighted by Gasteiger charge is 2.17. The van der Waals surface area contributed by atoms with Crippen molar-refractivity contribution in [2.45, 2.75) is 11.3 Å². The molecule has 0 aliphatic carbocycles. The third kappa shape index (κ3) is 2.09. The van der Waals surface area contributed by atoms with Crippen LogP contribution in [-0.2, 0) is 4.74 Å². The van der Waals surface area contributed by atoms with Gasteiger partial charge in [-0.25, -0.2) is 4.79 Å². The van der Waals surface area contributed by atoms with Gasteiger partial charge in [-0.1, -0.05) is 6.07 Å². The van der Waals surface area contributed by atoms with E-state index in [0.717, 1.165) is 29.3 Å². The molecule has 3 nitrogen and oxygen atoms in total. The van der Waals surface area contributed by atoms with Crippen molar-refractivity contribution in [2.75, 3.05) is 24.7 Å². The van der Waals surface area contributed by atoms with E-state index in [0.29, 0.717) is 5.56 Å². The average Bonchev–Trinajstić information content (AvgIpc) is 2.52. The van der Waals surface area contributed by atoms with Gasteiger partial charge in [0.15, 0.2) is 0 Å². The summed E-state index contributed by atoms with van der Waals surface area (Å²) in [5, 5.41) is 3.32. The Morgan fingerprint density at radius 1 is 1.53 bits per heavy atom. The average molecular weight is 223 g/mol. The van der Waals surface area contributed by atoms with E-state index >= 15 is 0 Å². The van der Waals surface area contributed by atoms with Gasteiger partial charge in [0, 0.05) is 17.1 Å². The summed E-state index contributed by atoms with van der Waals surface area (Å²) in [7, 11) is 1.41. The first kappa shape index (κ1) is 10.4. The Labute approximate surface area is 93.2 Å². The van der Waals surface area contributed by atoms with Gasteiger partial charge in [0.1, 0.15) is 0 Å². The molecule has 2 rings (SSSR count). The molecule has 1 heterocycles. The minimum absolute atomic E-state index is 0.261. The number of benzene rings is 1. The van der Waals surface area contributed by atoms with Crippen LogP contribution in [0.15, 0.2) is 23.1 Å². The highest BCUT2D eigenvalue weighted by Crippen LogP contribution is 2.33. The number of carbonyl (C=O) groups is 1. The lowest BCUT2D eigenvalue weighted by Crippen LogP contribution is -2.05. The molecule has 1 aliphatic rings. The molecular weight excluding hydrogens is 210 g/mol. The molecule has 0 atom stereocenters. The minimum Gasteiger partial charge on any atom is -0.465 e. The summed E-state index contributed by atoms with van der Waals surface area (Å²) in [4.78, 5) is 12.5. The van der Waals surface area contributed by atoms with E-state index < -0.39 is 0 Å². The van der Waals surface area contributed by atoms with E-state index in [-0.39, 0.29) is 5.97 Å². The first-order valence-electron chi connectivity index (χ1n) is 4.91. The molecule has 0 saturated heterocycles. The summed E-state index contributed by atoms with van der Waals surface area (Å²) in [6.07, 6.45) is 1.11. The number of anilines is 1. The largest absolute Gasteiger partial charge is 0.465 e. The van der Waals surface area contributed by atoms with Crippen molar-refractivity contribution in [1.82, 2.24) is 0 Å². The van der Waals surface area contributed by atoms with E-state index in [1.165, 1.54) is 7.11 Å². The molecule has 1 N–H and O–H groups in total. The van der Waals surface area contributed by atoms with Crippen molar-refractivity contribution >= 4 is 23.4 Å². The SMILES string of the molecule is COC(=O)c1cccc2c1SCCCN2. The summed E-state index contributed by atoms with van der Waals surface area (Å²) < 4.78 is 4.76. The Morgan fingerprint density at radius 2 is 2.40 bits per heavy atom. The Bertz CT molecular complexity index is 379. The topological polar surface area (TPSA) is 38.3 Å². The summed E-state index contributed by atoms with van der Waals surface area (Å²) in [6.45, 7) is 0.963. The smallest absolute Gasteiger partial charge is 0.339 e. The van der Waals surface area contributed by atoms with Crippen LogP contribution in [0.25, 0.3) is 0 Å². The van der Waals surface area contributed by atoms with Crippen LogP contribution in [0.2, 0.25) is 0 Å². The van der Waals surface area contributed by atoms with Crippen LogP contribution in [0.4, 0.5) is 5.69 Å². The number of hydrogen-bond acceptors (Lipinski definition) is 4.